The van der Waals surface area contributed by atoms with Crippen LogP contribution < -0.4 is 5.32 Å². The van der Waals surface area contributed by atoms with E-state index in [1.165, 1.54) is 11.3 Å². The molecular formula is C26H25Cl2N3O6S. The summed E-state index contributed by atoms with van der Waals surface area (Å²) in [5.74, 6) is -0.581. The summed E-state index contributed by atoms with van der Waals surface area (Å²) in [7, 11) is 0. The average molecular weight is 578 g/mol. The van der Waals surface area contributed by atoms with Gasteiger partial charge < -0.3 is 35.0 Å². The highest BCUT2D eigenvalue weighted by atomic mass is 35.5. The molecule has 5 N–H and O–H groups in total. The molecule has 0 radical (unpaired) electrons. The summed E-state index contributed by atoms with van der Waals surface area (Å²) in [4.78, 5) is 18.0. The van der Waals surface area contributed by atoms with E-state index in [4.69, 9.17) is 27.9 Å². The Balaban J connectivity index is 1.52. The van der Waals surface area contributed by atoms with Crippen LogP contribution in [0, 0.1) is 6.92 Å². The van der Waals surface area contributed by atoms with E-state index >= 15 is 0 Å². The summed E-state index contributed by atoms with van der Waals surface area (Å²) >= 11 is 13.8. The van der Waals surface area contributed by atoms with Gasteiger partial charge in [-0.05, 0) is 30.7 Å². The van der Waals surface area contributed by atoms with Crippen molar-refractivity contribution in [1.82, 2.24) is 14.9 Å². The van der Waals surface area contributed by atoms with E-state index in [2.05, 4.69) is 10.3 Å². The van der Waals surface area contributed by atoms with Crippen LogP contribution in [-0.4, -0.2) is 73.1 Å². The predicted molar refractivity (Wildman–Crippen MR) is 145 cm³/mol. The van der Waals surface area contributed by atoms with E-state index in [0.717, 1.165) is 27.3 Å². The van der Waals surface area contributed by atoms with Crippen LogP contribution in [-0.2, 0) is 11.3 Å². The fourth-order valence-electron chi connectivity index (χ4n) is 4.54. The molecule has 200 valence electrons. The number of aryl methyl sites for hydroxylation is 1. The number of aromatic nitrogens is 2. The van der Waals surface area contributed by atoms with E-state index in [9.17, 15) is 25.2 Å². The van der Waals surface area contributed by atoms with Gasteiger partial charge in [0.15, 0.2) is 6.29 Å². The van der Waals surface area contributed by atoms with Crippen LogP contribution in [0.15, 0.2) is 48.0 Å². The summed E-state index contributed by atoms with van der Waals surface area (Å²) in [5.41, 5.74) is 3.71. The number of carbonyl (C=O) groups excluding carboxylic acids is 1. The zero-order valence-corrected chi connectivity index (χ0v) is 22.4. The first-order valence-corrected chi connectivity index (χ1v) is 13.4. The van der Waals surface area contributed by atoms with Crippen molar-refractivity contribution in [3.63, 3.8) is 0 Å². The first-order chi connectivity index (χ1) is 18.2. The number of nitrogens with one attached hydrogen (secondary N) is 1. The number of hydrogen-bond acceptors (Lipinski definition) is 8. The molecule has 0 unspecified atom stereocenters. The molecule has 0 saturated carbocycles. The molecular weight excluding hydrogens is 553 g/mol. The molecule has 0 aliphatic carbocycles. The minimum atomic E-state index is -1.63. The molecule has 1 amide bonds. The number of hydrogen-bond donors (Lipinski definition) is 5. The molecule has 1 aliphatic rings. The first kappa shape index (κ1) is 27.0. The number of nitrogens with zero attached hydrogens (tertiary/aromatic N) is 2. The van der Waals surface area contributed by atoms with Crippen LogP contribution >= 0.6 is 34.5 Å². The number of fused-ring (bicyclic) bond motifs is 1. The fourth-order valence-corrected chi connectivity index (χ4v) is 5.66. The molecule has 0 spiro atoms. The minimum Gasteiger partial charge on any atom is -0.394 e. The maximum atomic E-state index is 13.4. The van der Waals surface area contributed by atoms with Gasteiger partial charge in [0.1, 0.15) is 29.4 Å². The Morgan fingerprint density at radius 3 is 2.61 bits per heavy atom. The topological polar surface area (TPSA) is 137 Å². The van der Waals surface area contributed by atoms with Crippen LogP contribution in [0.1, 0.15) is 21.6 Å². The number of rotatable bonds is 6. The maximum Gasteiger partial charge on any atom is 0.253 e. The first-order valence-electron chi connectivity index (χ1n) is 11.8. The zero-order chi connectivity index (χ0) is 27.1. The second-order valence-corrected chi connectivity index (χ2v) is 10.8. The molecule has 1 aliphatic heterocycles. The third-order valence-electron chi connectivity index (χ3n) is 6.53. The van der Waals surface area contributed by atoms with Gasteiger partial charge in [-0.25, -0.2) is 4.98 Å². The molecule has 12 heteroatoms. The Labute approximate surface area is 231 Å². The Morgan fingerprint density at radius 1 is 1.13 bits per heavy atom. The molecule has 4 aromatic rings. The normalized spacial score (nSPS) is 23.6. The monoisotopic (exact) mass is 577 g/mol. The molecule has 1 saturated heterocycles. The van der Waals surface area contributed by atoms with Gasteiger partial charge in [0.2, 0.25) is 0 Å². The summed E-state index contributed by atoms with van der Waals surface area (Å²) in [5, 5.41) is 47.2. The second kappa shape index (κ2) is 10.9. The highest BCUT2D eigenvalue weighted by Gasteiger charge is 2.44. The van der Waals surface area contributed by atoms with Crippen LogP contribution in [0.4, 0.5) is 0 Å². The van der Waals surface area contributed by atoms with Gasteiger partial charge in [-0.3, -0.25) is 4.79 Å². The van der Waals surface area contributed by atoms with E-state index in [1.807, 2.05) is 41.1 Å². The number of benzene rings is 2. The Morgan fingerprint density at radius 2 is 1.92 bits per heavy atom. The molecule has 3 heterocycles. The second-order valence-electron chi connectivity index (χ2n) is 9.17. The van der Waals surface area contributed by atoms with E-state index in [-0.39, 0.29) is 0 Å². The lowest BCUT2D eigenvalue weighted by Gasteiger charge is -2.40. The largest absolute Gasteiger partial charge is 0.394 e. The number of aliphatic hydroxyl groups excluding tert-OH is 4. The van der Waals surface area contributed by atoms with Crippen LogP contribution in [0.25, 0.3) is 21.5 Å². The lowest BCUT2D eigenvalue weighted by Crippen LogP contribution is -2.64. The Hall–Kier alpha value is -2.54. The highest BCUT2D eigenvalue weighted by Crippen LogP contribution is 2.31. The number of ether oxygens (including phenoxy) is 1. The molecule has 2 aromatic heterocycles. The van der Waals surface area contributed by atoms with Gasteiger partial charge in [0.05, 0.1) is 22.2 Å². The number of halogens is 2. The van der Waals surface area contributed by atoms with Gasteiger partial charge in [-0.15, -0.1) is 11.3 Å². The fraction of sp³-hybridized carbons (Fsp3) is 0.308. The summed E-state index contributed by atoms with van der Waals surface area (Å²) in [6, 6.07) is 9.65. The summed E-state index contributed by atoms with van der Waals surface area (Å²) in [6.45, 7) is 1.71. The van der Waals surface area contributed by atoms with Gasteiger partial charge in [-0.2, -0.15) is 0 Å². The number of aliphatic hydroxyl groups is 4. The molecule has 0 bridgehead atoms. The smallest absolute Gasteiger partial charge is 0.253 e. The minimum absolute atomic E-state index is 0.292. The summed E-state index contributed by atoms with van der Waals surface area (Å²) in [6.07, 6.45) is -4.17. The van der Waals surface area contributed by atoms with Gasteiger partial charge >= 0.3 is 0 Å². The SMILES string of the molecule is Cc1csc(-c2ccc3c(C(=O)N[C@@H]4[C@@H](O)[C@H](O)[C@@H](CO)O[C@@H]4O)cn(Cc4ccc(Cl)c(Cl)c4)c3c2)n1. The maximum absolute atomic E-state index is 13.4. The van der Waals surface area contributed by atoms with Crippen molar-refractivity contribution in [1.29, 1.82) is 0 Å². The molecule has 9 nitrogen and oxygen atoms in total. The third kappa shape index (κ3) is 5.18. The predicted octanol–water partition coefficient (Wildman–Crippen LogP) is 2.96. The quantitative estimate of drug-likeness (QED) is 0.237. The molecule has 5 atom stereocenters. The highest BCUT2D eigenvalue weighted by molar-refractivity contribution is 7.13. The molecule has 1 fully saturated rings. The van der Waals surface area contributed by atoms with Crippen molar-refractivity contribution < 1.29 is 30.0 Å². The van der Waals surface area contributed by atoms with Gasteiger partial charge in [0.25, 0.3) is 5.91 Å². The van der Waals surface area contributed by atoms with Crippen LogP contribution in [0.5, 0.6) is 0 Å². The average Bonchev–Trinajstić information content (AvgIpc) is 3.49. The number of thiazole rings is 1. The van der Waals surface area contributed by atoms with E-state index in [0.29, 0.717) is 27.5 Å². The van der Waals surface area contributed by atoms with Crippen molar-refractivity contribution in [3.05, 3.63) is 74.8 Å². The Kier molecular flexibility index (Phi) is 7.77. The standard InChI is InChI=1S/C26H25Cl2N3O6S/c1-12-11-38-25(29-12)14-3-4-15-16(24(35)30-21-23(34)22(33)20(10-32)37-26(21)36)9-31(19(15)7-14)8-13-2-5-17(27)18(28)6-13/h2-7,9,11,20-23,26,32-34,36H,8,10H2,1H3,(H,30,35)/t20-,21-,22-,23-,26+/m1/s1. The van der Waals surface area contributed by atoms with Crippen molar-refractivity contribution >= 4 is 51.3 Å². The third-order valence-corrected chi connectivity index (χ3v) is 8.28. The molecule has 5 rings (SSSR count). The van der Waals surface area contributed by atoms with Crippen molar-refractivity contribution in [2.45, 2.75) is 44.1 Å². The van der Waals surface area contributed by atoms with Gasteiger partial charge in [0, 0.05) is 40.3 Å². The number of carbonyl (C=O) groups is 1. The van der Waals surface area contributed by atoms with E-state index in [1.54, 1.807) is 18.3 Å². The van der Waals surface area contributed by atoms with E-state index < -0.39 is 43.2 Å². The van der Waals surface area contributed by atoms with Crippen molar-refractivity contribution in [2.24, 2.45) is 0 Å². The lowest BCUT2D eigenvalue weighted by molar-refractivity contribution is -0.252. The van der Waals surface area contributed by atoms with Gasteiger partial charge in [-0.1, -0.05) is 41.4 Å². The zero-order valence-electron chi connectivity index (χ0n) is 20.1. The molecule has 38 heavy (non-hydrogen) atoms. The summed E-state index contributed by atoms with van der Waals surface area (Å²) < 4.78 is 7.07. The lowest BCUT2D eigenvalue weighted by atomic mass is 9.96. The Bertz CT molecular complexity index is 1490. The van der Waals surface area contributed by atoms with Crippen LogP contribution in [0.2, 0.25) is 10.0 Å². The van der Waals surface area contributed by atoms with Crippen molar-refractivity contribution in [3.8, 4) is 10.6 Å². The number of amides is 1. The van der Waals surface area contributed by atoms with Crippen molar-refractivity contribution in [2.75, 3.05) is 6.61 Å². The molecule has 2 aromatic carbocycles. The van der Waals surface area contributed by atoms with Crippen LogP contribution in [0.3, 0.4) is 0 Å².